The second kappa shape index (κ2) is 17.1. The fourth-order valence-electron chi connectivity index (χ4n) is 0.556. The summed E-state index contributed by atoms with van der Waals surface area (Å²) in [6.07, 6.45) is 1.86. The van der Waals surface area contributed by atoms with E-state index in [1.54, 1.807) is 0 Å². The smallest absolute Gasteiger partial charge is 0.0443 e. The summed E-state index contributed by atoms with van der Waals surface area (Å²) in [5.41, 5.74) is 5.25. The van der Waals surface area contributed by atoms with Gasteiger partial charge in [0.05, 0.1) is 0 Å². The lowest BCUT2D eigenvalue weighted by Crippen LogP contribution is -2.19. The van der Waals surface area contributed by atoms with Crippen molar-refractivity contribution < 1.29 is 5.11 Å². The van der Waals surface area contributed by atoms with Gasteiger partial charge in [0, 0.05) is 6.61 Å². The zero-order valence-electron chi connectivity index (χ0n) is 6.58. The van der Waals surface area contributed by atoms with E-state index in [-0.39, 0.29) is 40.6 Å². The van der Waals surface area contributed by atoms with Crippen molar-refractivity contribution in [1.29, 1.82) is 0 Å². The van der Waals surface area contributed by atoms with Crippen LogP contribution in [0.4, 0.5) is 0 Å². The van der Waals surface area contributed by atoms with E-state index in [0.29, 0.717) is 0 Å². The monoisotopic (exact) mass is 292 g/mol. The molecule has 0 spiro atoms. The summed E-state index contributed by atoms with van der Waals surface area (Å²) in [6, 6.07) is 0. The lowest BCUT2D eigenvalue weighted by molar-refractivity contribution is 0.286. The molecule has 0 aromatic carbocycles. The zero-order valence-corrected chi connectivity index (χ0v) is 10.0. The van der Waals surface area contributed by atoms with Crippen LogP contribution in [0.25, 0.3) is 0 Å². The molecule has 0 aliphatic rings. The Morgan fingerprint density at radius 3 is 2.09 bits per heavy atom. The van der Waals surface area contributed by atoms with E-state index in [9.17, 15) is 0 Å². The molecule has 0 saturated carbocycles. The number of hydrogen-bond donors (Lipinski definition) is 3. The Balaban J connectivity index is -0.000000320. The van der Waals surface area contributed by atoms with Crippen LogP contribution in [0.3, 0.4) is 0 Å². The Labute approximate surface area is 89.3 Å². The summed E-state index contributed by atoms with van der Waals surface area (Å²) in [6.45, 7) is 2.88. The molecule has 3 nitrogen and oxygen atoms in total. The first-order valence-corrected chi connectivity index (χ1v) is 3.43. The van der Waals surface area contributed by atoms with Gasteiger partial charge in [0.25, 0.3) is 0 Å². The second-order valence-electron chi connectivity index (χ2n) is 1.97. The largest absolute Gasteiger partial charge is 0.396 e. The van der Waals surface area contributed by atoms with Crippen molar-refractivity contribution in [1.82, 2.24) is 5.32 Å². The molecule has 0 fully saturated rings. The normalized spacial score (nSPS) is 8.18. The SMILES string of the molecule is Br.Br.NCCCNCCCO. The van der Waals surface area contributed by atoms with E-state index in [0.717, 1.165) is 32.5 Å². The van der Waals surface area contributed by atoms with Gasteiger partial charge in [0.15, 0.2) is 0 Å². The summed E-state index contributed by atoms with van der Waals surface area (Å²) >= 11 is 0. The van der Waals surface area contributed by atoms with Crippen LogP contribution < -0.4 is 11.1 Å². The average molecular weight is 294 g/mol. The molecule has 5 heteroatoms. The Morgan fingerprint density at radius 2 is 1.64 bits per heavy atom. The summed E-state index contributed by atoms with van der Waals surface area (Å²) in [5, 5.41) is 11.5. The van der Waals surface area contributed by atoms with Crippen molar-refractivity contribution in [3.05, 3.63) is 0 Å². The summed E-state index contributed by atoms with van der Waals surface area (Å²) in [4.78, 5) is 0. The standard InChI is InChI=1S/C6H16N2O.2BrH/c7-3-1-4-8-5-2-6-9;;/h8-9H,1-7H2;2*1H. The van der Waals surface area contributed by atoms with Gasteiger partial charge < -0.3 is 16.2 Å². The molecule has 0 bridgehead atoms. The molecule has 0 aliphatic heterocycles. The Hall–Kier alpha value is 0.840. The van der Waals surface area contributed by atoms with Gasteiger partial charge in [0.2, 0.25) is 0 Å². The molecule has 0 amide bonds. The summed E-state index contributed by atoms with van der Waals surface area (Å²) in [7, 11) is 0. The van der Waals surface area contributed by atoms with E-state index < -0.39 is 0 Å². The Bertz CT molecular complexity index is 51.8. The fraction of sp³-hybridized carbons (Fsp3) is 1.00. The highest BCUT2D eigenvalue weighted by molar-refractivity contribution is 8.93. The quantitative estimate of drug-likeness (QED) is 0.624. The molecule has 0 rings (SSSR count). The van der Waals surface area contributed by atoms with Crippen LogP contribution in [0, 0.1) is 0 Å². The summed E-state index contributed by atoms with van der Waals surface area (Å²) < 4.78 is 0. The van der Waals surface area contributed by atoms with Gasteiger partial charge >= 0.3 is 0 Å². The van der Waals surface area contributed by atoms with Gasteiger partial charge in [-0.3, -0.25) is 0 Å². The topological polar surface area (TPSA) is 58.3 Å². The first-order chi connectivity index (χ1) is 4.41. The molecule has 0 radical (unpaired) electrons. The van der Waals surface area contributed by atoms with E-state index in [1.807, 2.05) is 0 Å². The highest BCUT2D eigenvalue weighted by Gasteiger charge is 1.83. The van der Waals surface area contributed by atoms with Crippen LogP contribution in [0.5, 0.6) is 0 Å². The molecule has 0 saturated heterocycles. The Kier molecular flexibility index (Phi) is 27.6. The fourth-order valence-corrected chi connectivity index (χ4v) is 0.556. The van der Waals surface area contributed by atoms with Crippen LogP contribution in [0.1, 0.15) is 12.8 Å². The first-order valence-electron chi connectivity index (χ1n) is 3.43. The first kappa shape index (κ1) is 17.8. The van der Waals surface area contributed by atoms with Crippen molar-refractivity contribution in [2.45, 2.75) is 12.8 Å². The molecule has 0 aliphatic carbocycles. The van der Waals surface area contributed by atoms with Crippen molar-refractivity contribution in [2.75, 3.05) is 26.2 Å². The van der Waals surface area contributed by atoms with Crippen LogP contribution in [-0.4, -0.2) is 31.3 Å². The molecule has 0 heterocycles. The maximum absolute atomic E-state index is 8.36. The predicted octanol–water partition coefficient (Wildman–Crippen LogP) is 0.463. The Morgan fingerprint density at radius 1 is 1.09 bits per heavy atom. The minimum atomic E-state index is 0. The molecule has 4 N–H and O–H groups in total. The maximum atomic E-state index is 8.36. The lowest BCUT2D eigenvalue weighted by Gasteiger charge is -1.99. The molecule has 0 unspecified atom stereocenters. The van der Waals surface area contributed by atoms with E-state index in [4.69, 9.17) is 10.8 Å². The molecule has 0 aromatic heterocycles. The van der Waals surface area contributed by atoms with Crippen molar-refractivity contribution in [3.8, 4) is 0 Å². The molecule has 72 valence electrons. The van der Waals surface area contributed by atoms with E-state index in [2.05, 4.69) is 5.32 Å². The average Bonchev–Trinajstić information content (AvgIpc) is 1.89. The highest BCUT2D eigenvalue weighted by atomic mass is 79.9. The van der Waals surface area contributed by atoms with Gasteiger partial charge in [-0.05, 0) is 32.5 Å². The number of nitrogens with one attached hydrogen (secondary N) is 1. The second-order valence-corrected chi connectivity index (χ2v) is 1.97. The summed E-state index contributed by atoms with van der Waals surface area (Å²) in [5.74, 6) is 0. The van der Waals surface area contributed by atoms with Crippen molar-refractivity contribution in [2.24, 2.45) is 5.73 Å². The third kappa shape index (κ3) is 18.1. The number of nitrogens with two attached hydrogens (primary N) is 1. The van der Waals surface area contributed by atoms with E-state index in [1.165, 1.54) is 0 Å². The number of aliphatic hydroxyl groups is 1. The van der Waals surface area contributed by atoms with Gasteiger partial charge in [-0.2, -0.15) is 0 Å². The van der Waals surface area contributed by atoms with Gasteiger partial charge in [-0.1, -0.05) is 0 Å². The number of halogens is 2. The van der Waals surface area contributed by atoms with Crippen molar-refractivity contribution >= 4 is 34.0 Å². The third-order valence-corrected chi connectivity index (χ3v) is 1.07. The molecular weight excluding hydrogens is 276 g/mol. The van der Waals surface area contributed by atoms with Crippen molar-refractivity contribution in [3.63, 3.8) is 0 Å². The molecule has 0 aromatic rings. The van der Waals surface area contributed by atoms with Gasteiger partial charge in [0.1, 0.15) is 0 Å². The minimum absolute atomic E-state index is 0. The number of rotatable bonds is 6. The zero-order chi connectivity index (χ0) is 6.95. The molecular formula is C6H18Br2N2O. The minimum Gasteiger partial charge on any atom is -0.396 e. The number of aliphatic hydroxyl groups excluding tert-OH is 1. The maximum Gasteiger partial charge on any atom is 0.0443 e. The van der Waals surface area contributed by atoms with Crippen LogP contribution in [-0.2, 0) is 0 Å². The molecule has 11 heavy (non-hydrogen) atoms. The third-order valence-electron chi connectivity index (χ3n) is 1.07. The predicted molar refractivity (Wildman–Crippen MR) is 58.9 cm³/mol. The number of hydrogen-bond acceptors (Lipinski definition) is 3. The van der Waals surface area contributed by atoms with Crippen LogP contribution in [0.2, 0.25) is 0 Å². The molecule has 0 atom stereocenters. The van der Waals surface area contributed by atoms with Crippen LogP contribution >= 0.6 is 34.0 Å². The van der Waals surface area contributed by atoms with Gasteiger partial charge in [-0.15, -0.1) is 34.0 Å². The highest BCUT2D eigenvalue weighted by Crippen LogP contribution is 1.73. The van der Waals surface area contributed by atoms with Crippen LogP contribution in [0.15, 0.2) is 0 Å². The van der Waals surface area contributed by atoms with E-state index >= 15 is 0 Å². The van der Waals surface area contributed by atoms with Gasteiger partial charge in [-0.25, -0.2) is 0 Å². The lowest BCUT2D eigenvalue weighted by atomic mass is 10.4.